The van der Waals surface area contributed by atoms with Gasteiger partial charge in [-0.25, -0.2) is 0 Å². The SMILES string of the molecule is COc1cccnc1[SiH]1CCCCC1. The van der Waals surface area contributed by atoms with Gasteiger partial charge in [0.25, 0.3) is 0 Å². The lowest BCUT2D eigenvalue weighted by molar-refractivity contribution is 0.416. The monoisotopic (exact) mass is 207 g/mol. The van der Waals surface area contributed by atoms with E-state index in [1.165, 1.54) is 36.7 Å². The lowest BCUT2D eigenvalue weighted by atomic mass is 10.3. The number of hydrogen-bond acceptors (Lipinski definition) is 2. The molecule has 0 spiro atoms. The molecule has 2 heterocycles. The van der Waals surface area contributed by atoms with Crippen molar-refractivity contribution in [3.63, 3.8) is 0 Å². The van der Waals surface area contributed by atoms with E-state index in [-0.39, 0.29) is 0 Å². The second-order valence-electron chi connectivity index (χ2n) is 3.93. The Balaban J connectivity index is 2.20. The average molecular weight is 207 g/mol. The van der Waals surface area contributed by atoms with Crippen LogP contribution in [-0.4, -0.2) is 20.9 Å². The van der Waals surface area contributed by atoms with E-state index >= 15 is 0 Å². The number of nitrogens with zero attached hydrogens (tertiary/aromatic N) is 1. The van der Waals surface area contributed by atoms with Gasteiger partial charge in [0.2, 0.25) is 0 Å². The van der Waals surface area contributed by atoms with Crippen molar-refractivity contribution >= 4 is 14.1 Å². The van der Waals surface area contributed by atoms with Gasteiger partial charge in [0, 0.05) is 6.20 Å². The van der Waals surface area contributed by atoms with Gasteiger partial charge in [0.05, 0.1) is 21.2 Å². The molecule has 2 rings (SSSR count). The smallest absolute Gasteiger partial charge is 0.135 e. The molecular formula is C11H17NOSi. The number of methoxy groups -OCH3 is 1. The summed E-state index contributed by atoms with van der Waals surface area (Å²) in [5.74, 6) is 1.02. The van der Waals surface area contributed by atoms with E-state index in [1.807, 2.05) is 18.3 Å². The number of hydrogen-bond donors (Lipinski definition) is 0. The first-order valence-electron chi connectivity index (χ1n) is 5.40. The molecule has 0 aromatic carbocycles. The summed E-state index contributed by atoms with van der Waals surface area (Å²) in [6, 6.07) is 6.82. The molecule has 1 aromatic heterocycles. The number of ether oxygens (including phenoxy) is 1. The molecular weight excluding hydrogens is 190 g/mol. The Morgan fingerprint density at radius 3 is 2.79 bits per heavy atom. The highest BCUT2D eigenvalue weighted by molar-refractivity contribution is 6.73. The maximum absolute atomic E-state index is 5.37. The van der Waals surface area contributed by atoms with Gasteiger partial charge in [-0.2, -0.15) is 0 Å². The molecule has 76 valence electrons. The molecule has 0 aliphatic carbocycles. The van der Waals surface area contributed by atoms with E-state index in [9.17, 15) is 0 Å². The average Bonchev–Trinajstić information content (AvgIpc) is 2.30. The van der Waals surface area contributed by atoms with Crippen LogP contribution in [0.25, 0.3) is 0 Å². The molecule has 0 unspecified atom stereocenters. The summed E-state index contributed by atoms with van der Waals surface area (Å²) in [5.41, 5.74) is 0. The Morgan fingerprint density at radius 2 is 2.07 bits per heavy atom. The molecule has 0 N–H and O–H groups in total. The quantitative estimate of drug-likeness (QED) is 0.689. The Morgan fingerprint density at radius 1 is 1.29 bits per heavy atom. The number of pyridine rings is 1. The largest absolute Gasteiger partial charge is 0.495 e. The Hall–Kier alpha value is -0.833. The lowest BCUT2D eigenvalue weighted by Crippen LogP contribution is -2.35. The van der Waals surface area contributed by atoms with Crippen molar-refractivity contribution in [3.8, 4) is 5.75 Å². The molecule has 1 aromatic rings. The van der Waals surface area contributed by atoms with E-state index in [2.05, 4.69) is 4.98 Å². The summed E-state index contributed by atoms with van der Waals surface area (Å²) in [6.45, 7) is 0. The van der Waals surface area contributed by atoms with Crippen LogP contribution in [0.1, 0.15) is 19.3 Å². The lowest BCUT2D eigenvalue weighted by Gasteiger charge is -2.20. The zero-order chi connectivity index (χ0) is 9.80. The van der Waals surface area contributed by atoms with E-state index in [0.717, 1.165) is 5.75 Å². The second-order valence-corrected chi connectivity index (χ2v) is 7.02. The molecule has 0 saturated carbocycles. The molecule has 0 radical (unpaired) electrons. The fraction of sp³-hybridized carbons (Fsp3) is 0.545. The van der Waals surface area contributed by atoms with Crippen molar-refractivity contribution in [2.45, 2.75) is 31.4 Å². The van der Waals surface area contributed by atoms with Crippen molar-refractivity contribution in [1.82, 2.24) is 4.98 Å². The standard InChI is InChI=1S/C11H17NOSi/c1-13-10-6-5-7-12-11(10)14-8-3-2-4-9-14/h5-7,14H,2-4,8-9H2,1H3. The summed E-state index contributed by atoms with van der Waals surface area (Å²) < 4.78 is 5.37. The predicted octanol–water partition coefficient (Wildman–Crippen LogP) is 1.71. The van der Waals surface area contributed by atoms with E-state index in [1.54, 1.807) is 7.11 Å². The minimum Gasteiger partial charge on any atom is -0.495 e. The van der Waals surface area contributed by atoms with Gasteiger partial charge < -0.3 is 4.74 Å². The van der Waals surface area contributed by atoms with Crippen LogP contribution in [0.2, 0.25) is 12.1 Å². The highest BCUT2D eigenvalue weighted by Gasteiger charge is 2.21. The Kier molecular flexibility index (Phi) is 3.19. The third kappa shape index (κ3) is 1.98. The first-order valence-corrected chi connectivity index (χ1v) is 7.62. The van der Waals surface area contributed by atoms with Crippen molar-refractivity contribution in [1.29, 1.82) is 0 Å². The summed E-state index contributed by atoms with van der Waals surface area (Å²) in [6.07, 6.45) is 6.12. The van der Waals surface area contributed by atoms with Gasteiger partial charge in [0.1, 0.15) is 5.75 Å². The summed E-state index contributed by atoms with van der Waals surface area (Å²) in [5, 5.41) is 1.30. The van der Waals surface area contributed by atoms with Crippen molar-refractivity contribution in [2.75, 3.05) is 7.11 Å². The van der Waals surface area contributed by atoms with Crippen LogP contribution < -0.4 is 10.1 Å². The minimum atomic E-state index is -0.778. The molecule has 1 aliphatic heterocycles. The minimum absolute atomic E-state index is 0.778. The van der Waals surface area contributed by atoms with Crippen molar-refractivity contribution in [3.05, 3.63) is 18.3 Å². The van der Waals surface area contributed by atoms with Crippen LogP contribution in [0.3, 0.4) is 0 Å². The molecule has 1 aliphatic rings. The van der Waals surface area contributed by atoms with Gasteiger partial charge >= 0.3 is 0 Å². The number of rotatable bonds is 2. The maximum Gasteiger partial charge on any atom is 0.135 e. The maximum atomic E-state index is 5.37. The molecule has 0 amide bonds. The third-order valence-corrected chi connectivity index (χ3v) is 6.43. The third-order valence-electron chi connectivity index (χ3n) is 3.01. The molecule has 2 nitrogen and oxygen atoms in total. The zero-order valence-corrected chi connectivity index (χ0v) is 9.86. The van der Waals surface area contributed by atoms with E-state index in [0.29, 0.717) is 0 Å². The van der Waals surface area contributed by atoms with E-state index in [4.69, 9.17) is 4.74 Å². The highest BCUT2D eigenvalue weighted by Crippen LogP contribution is 2.20. The van der Waals surface area contributed by atoms with Crippen LogP contribution in [0, 0.1) is 0 Å². The summed E-state index contributed by atoms with van der Waals surface area (Å²) in [4.78, 5) is 4.51. The number of aromatic nitrogens is 1. The summed E-state index contributed by atoms with van der Waals surface area (Å²) >= 11 is 0. The first-order chi connectivity index (χ1) is 6.92. The van der Waals surface area contributed by atoms with Crippen molar-refractivity contribution < 1.29 is 4.74 Å². The van der Waals surface area contributed by atoms with Gasteiger partial charge in [-0.1, -0.05) is 31.4 Å². The second kappa shape index (κ2) is 4.60. The Bertz CT molecular complexity index is 297. The topological polar surface area (TPSA) is 22.1 Å². The van der Waals surface area contributed by atoms with Crippen LogP contribution in [-0.2, 0) is 0 Å². The van der Waals surface area contributed by atoms with Gasteiger partial charge in [-0.15, -0.1) is 0 Å². The van der Waals surface area contributed by atoms with Gasteiger partial charge in [-0.05, 0) is 12.1 Å². The van der Waals surface area contributed by atoms with Crippen LogP contribution in [0.15, 0.2) is 18.3 Å². The molecule has 14 heavy (non-hydrogen) atoms. The van der Waals surface area contributed by atoms with Crippen molar-refractivity contribution in [2.24, 2.45) is 0 Å². The van der Waals surface area contributed by atoms with Crippen LogP contribution >= 0.6 is 0 Å². The zero-order valence-electron chi connectivity index (χ0n) is 8.70. The van der Waals surface area contributed by atoms with Crippen LogP contribution in [0.4, 0.5) is 0 Å². The molecule has 0 atom stereocenters. The fourth-order valence-electron chi connectivity index (χ4n) is 2.26. The molecule has 3 heteroatoms. The van der Waals surface area contributed by atoms with Gasteiger partial charge in [0.15, 0.2) is 0 Å². The normalized spacial score (nSPS) is 18.1. The fourth-order valence-corrected chi connectivity index (χ4v) is 5.57. The summed E-state index contributed by atoms with van der Waals surface area (Å²) in [7, 11) is 0.970. The first kappa shape index (κ1) is 9.71. The molecule has 1 fully saturated rings. The molecule has 0 bridgehead atoms. The molecule has 1 saturated heterocycles. The van der Waals surface area contributed by atoms with Crippen LogP contribution in [0.5, 0.6) is 5.75 Å². The van der Waals surface area contributed by atoms with Gasteiger partial charge in [-0.3, -0.25) is 4.98 Å². The predicted molar refractivity (Wildman–Crippen MR) is 61.0 cm³/mol. The Labute approximate surface area is 86.9 Å². The highest BCUT2D eigenvalue weighted by atomic mass is 28.3. The van der Waals surface area contributed by atoms with E-state index < -0.39 is 8.80 Å².